The van der Waals surface area contributed by atoms with Crippen LogP contribution < -0.4 is 15.2 Å². The molecule has 0 saturated heterocycles. The van der Waals surface area contributed by atoms with E-state index in [9.17, 15) is 28.6 Å². The van der Waals surface area contributed by atoms with E-state index in [0.29, 0.717) is 0 Å². The molecule has 1 aromatic carbocycles. The van der Waals surface area contributed by atoms with Gasteiger partial charge in [0.05, 0.1) is 0 Å². The van der Waals surface area contributed by atoms with Crippen LogP contribution in [-0.2, 0) is 9.59 Å². The first-order chi connectivity index (χ1) is 13.5. The third-order valence-electron chi connectivity index (χ3n) is 4.99. The fourth-order valence-corrected chi connectivity index (χ4v) is 3.02. The van der Waals surface area contributed by atoms with Gasteiger partial charge in [0.25, 0.3) is 0 Å². The van der Waals surface area contributed by atoms with Crippen LogP contribution >= 0.6 is 0 Å². The molecule has 1 aliphatic heterocycles. The maximum absolute atomic E-state index is 13.4. The van der Waals surface area contributed by atoms with Crippen molar-refractivity contribution in [2.75, 3.05) is 5.73 Å². The molecule has 3 aromatic rings. The third-order valence-corrected chi connectivity index (χ3v) is 4.99. The molecule has 1 unspecified atom stereocenters. The minimum Gasteiger partial charge on any atom is -0.480 e. The normalized spacial score (nSPS) is 16.3. The van der Waals surface area contributed by atoms with E-state index in [-0.39, 0.29) is 39.8 Å². The Bertz CT molecular complexity index is 1200. The number of carboxylic acids is 2. The predicted molar refractivity (Wildman–Crippen MR) is 90.7 cm³/mol. The maximum Gasteiger partial charge on any atom is 0.586 e. The molecule has 0 amide bonds. The Morgan fingerprint density at radius 3 is 2.52 bits per heavy atom. The summed E-state index contributed by atoms with van der Waals surface area (Å²) < 4.78 is 36.8. The van der Waals surface area contributed by atoms with Gasteiger partial charge in [-0.25, -0.2) is 9.97 Å². The van der Waals surface area contributed by atoms with Crippen LogP contribution in [-0.4, -0.2) is 48.0 Å². The average molecular weight is 409 g/mol. The molecule has 1 aliphatic rings. The summed E-state index contributed by atoms with van der Waals surface area (Å²) in [5.41, 5.74) is 3.64. The number of nitrogen functional groups attached to an aromatic ring is 1. The van der Waals surface area contributed by atoms with Gasteiger partial charge in [0, 0.05) is 11.3 Å². The Labute approximate surface area is 159 Å². The van der Waals surface area contributed by atoms with Crippen molar-refractivity contribution in [3.8, 4) is 11.5 Å². The quantitative estimate of drug-likeness (QED) is 0.538. The van der Waals surface area contributed by atoms with Crippen molar-refractivity contribution in [2.24, 2.45) is 5.41 Å². The van der Waals surface area contributed by atoms with Gasteiger partial charge in [0.15, 0.2) is 28.4 Å². The zero-order chi connectivity index (χ0) is 21.3. The summed E-state index contributed by atoms with van der Waals surface area (Å²) in [7, 11) is 0. The molecule has 1 atom stereocenters. The summed E-state index contributed by atoms with van der Waals surface area (Å²) in [5, 5.41) is 23.1. The number of hydrogen-bond acceptors (Lipinski definition) is 8. The molecule has 13 heteroatoms. The van der Waals surface area contributed by atoms with Crippen molar-refractivity contribution in [1.82, 2.24) is 19.6 Å². The standard InChI is InChI=1S/C16H13F2N5O6/c1-5(15(2,12(24)25)13(26)27)10-21-11-6-3-4-7-9(29-16(17,18)28-7)8(6)20-14(19)23(11)22-10/h3-5H,1-2H3,(H2,19,20)(H,24,25)(H,26,27). The Kier molecular flexibility index (Phi) is 3.60. The van der Waals surface area contributed by atoms with Gasteiger partial charge >= 0.3 is 18.2 Å². The number of halogens is 2. The van der Waals surface area contributed by atoms with Crippen LogP contribution in [0.3, 0.4) is 0 Å². The van der Waals surface area contributed by atoms with Gasteiger partial charge in [-0.3, -0.25) is 9.59 Å². The monoisotopic (exact) mass is 409 g/mol. The van der Waals surface area contributed by atoms with Crippen molar-refractivity contribution in [2.45, 2.75) is 26.1 Å². The Hall–Kier alpha value is -3.77. The summed E-state index contributed by atoms with van der Waals surface area (Å²) in [6.45, 7) is 2.38. The molecule has 4 N–H and O–H groups in total. The molecule has 0 fully saturated rings. The Balaban J connectivity index is 1.94. The Morgan fingerprint density at radius 1 is 1.24 bits per heavy atom. The number of hydrogen-bond donors (Lipinski definition) is 3. The minimum atomic E-state index is -3.86. The molecule has 0 spiro atoms. The van der Waals surface area contributed by atoms with Crippen LogP contribution in [0.4, 0.5) is 14.7 Å². The number of anilines is 1. The number of aliphatic carboxylic acids is 2. The molecule has 2 aromatic heterocycles. The highest BCUT2D eigenvalue weighted by Crippen LogP contribution is 2.46. The number of fused-ring (bicyclic) bond motifs is 5. The molecule has 3 heterocycles. The fraction of sp³-hybridized carbons (Fsp3) is 0.312. The van der Waals surface area contributed by atoms with Gasteiger partial charge in [-0.15, -0.1) is 13.9 Å². The van der Waals surface area contributed by atoms with E-state index >= 15 is 0 Å². The topological polar surface area (TPSA) is 162 Å². The zero-order valence-corrected chi connectivity index (χ0v) is 14.9. The van der Waals surface area contributed by atoms with Crippen LogP contribution in [0, 0.1) is 5.41 Å². The third kappa shape index (κ3) is 2.50. The van der Waals surface area contributed by atoms with Crippen LogP contribution in [0.5, 0.6) is 11.5 Å². The fourth-order valence-electron chi connectivity index (χ4n) is 3.02. The lowest BCUT2D eigenvalue weighted by molar-refractivity contribution is -0.286. The number of ether oxygens (including phenoxy) is 2. The lowest BCUT2D eigenvalue weighted by Crippen LogP contribution is -2.41. The predicted octanol–water partition coefficient (Wildman–Crippen LogP) is 1.46. The first-order valence-electron chi connectivity index (χ1n) is 8.17. The van der Waals surface area contributed by atoms with Crippen molar-refractivity contribution in [3.05, 3.63) is 18.0 Å². The van der Waals surface area contributed by atoms with E-state index in [1.807, 2.05) is 0 Å². The SMILES string of the molecule is CC(c1nc2c3ccc4c(c3nc(N)n2n1)OC(F)(F)O4)C(C)(C(=O)O)C(=O)O. The lowest BCUT2D eigenvalue weighted by Gasteiger charge is -2.24. The van der Waals surface area contributed by atoms with E-state index < -0.39 is 29.6 Å². The van der Waals surface area contributed by atoms with Gasteiger partial charge < -0.3 is 25.4 Å². The van der Waals surface area contributed by atoms with Gasteiger partial charge in [-0.1, -0.05) is 6.92 Å². The second kappa shape index (κ2) is 5.62. The van der Waals surface area contributed by atoms with Gasteiger partial charge in [-0.05, 0) is 19.1 Å². The molecule has 0 aliphatic carbocycles. The van der Waals surface area contributed by atoms with Crippen LogP contribution in [0.2, 0.25) is 0 Å². The lowest BCUT2D eigenvalue weighted by atomic mass is 9.77. The molecular formula is C16H13F2N5O6. The van der Waals surface area contributed by atoms with Crippen molar-refractivity contribution < 1.29 is 38.1 Å². The molecule has 11 nitrogen and oxygen atoms in total. The first-order valence-corrected chi connectivity index (χ1v) is 8.17. The molecule has 0 radical (unpaired) electrons. The van der Waals surface area contributed by atoms with E-state index in [0.717, 1.165) is 11.4 Å². The summed E-state index contributed by atoms with van der Waals surface area (Å²) >= 11 is 0. The Morgan fingerprint density at radius 2 is 1.90 bits per heavy atom. The minimum absolute atomic E-state index is 0.0597. The molecule has 4 rings (SSSR count). The van der Waals surface area contributed by atoms with Gasteiger partial charge in [0.2, 0.25) is 5.95 Å². The van der Waals surface area contributed by atoms with E-state index in [2.05, 4.69) is 24.5 Å². The summed E-state index contributed by atoms with van der Waals surface area (Å²) in [5.74, 6) is -5.25. The van der Waals surface area contributed by atoms with Crippen molar-refractivity contribution in [1.29, 1.82) is 0 Å². The number of nitrogens with two attached hydrogens (primary N) is 1. The zero-order valence-electron chi connectivity index (χ0n) is 14.9. The van der Waals surface area contributed by atoms with Gasteiger partial charge in [0.1, 0.15) is 5.52 Å². The summed E-state index contributed by atoms with van der Waals surface area (Å²) in [6, 6.07) is 2.62. The van der Waals surface area contributed by atoms with E-state index in [4.69, 9.17) is 5.73 Å². The number of alkyl halides is 2. The molecule has 0 saturated carbocycles. The molecule has 0 bridgehead atoms. The number of nitrogens with zero attached hydrogens (tertiary/aromatic N) is 4. The van der Waals surface area contributed by atoms with E-state index in [1.165, 1.54) is 19.1 Å². The van der Waals surface area contributed by atoms with Crippen LogP contribution in [0.15, 0.2) is 12.1 Å². The molecule has 29 heavy (non-hydrogen) atoms. The second-order valence-electron chi connectivity index (χ2n) is 6.67. The molecule has 152 valence electrons. The highest BCUT2D eigenvalue weighted by Gasteiger charge is 2.49. The van der Waals surface area contributed by atoms with E-state index in [1.54, 1.807) is 0 Å². The number of rotatable bonds is 4. The highest BCUT2D eigenvalue weighted by atomic mass is 19.3. The number of carboxylic acid groups (broad SMARTS) is 2. The second-order valence-corrected chi connectivity index (χ2v) is 6.67. The van der Waals surface area contributed by atoms with Crippen molar-refractivity contribution >= 4 is 34.4 Å². The number of benzene rings is 1. The van der Waals surface area contributed by atoms with Crippen molar-refractivity contribution in [3.63, 3.8) is 0 Å². The number of carbonyl (C=O) groups is 2. The first kappa shape index (κ1) is 18.6. The van der Waals surface area contributed by atoms with Crippen LogP contribution in [0.1, 0.15) is 25.6 Å². The van der Waals surface area contributed by atoms with Crippen LogP contribution in [0.25, 0.3) is 16.6 Å². The average Bonchev–Trinajstić information content (AvgIpc) is 3.20. The largest absolute Gasteiger partial charge is 0.586 e. The highest BCUT2D eigenvalue weighted by molar-refractivity contribution is 5.99. The summed E-state index contributed by atoms with van der Waals surface area (Å²) in [6.07, 6.45) is -3.86. The summed E-state index contributed by atoms with van der Waals surface area (Å²) in [4.78, 5) is 31.4. The number of aromatic nitrogens is 4. The smallest absolute Gasteiger partial charge is 0.480 e. The molecular weight excluding hydrogens is 396 g/mol. The maximum atomic E-state index is 13.4. The van der Waals surface area contributed by atoms with Gasteiger partial charge in [-0.2, -0.15) is 4.52 Å².